The quantitative estimate of drug-likeness (QED) is 0.674. The summed E-state index contributed by atoms with van der Waals surface area (Å²) in [7, 11) is 0. The summed E-state index contributed by atoms with van der Waals surface area (Å²) in [6.45, 7) is 5.02. The number of fused-ring (bicyclic) bond motifs is 1. The van der Waals surface area contributed by atoms with Gasteiger partial charge in [0.1, 0.15) is 5.69 Å². The van der Waals surface area contributed by atoms with Crippen molar-refractivity contribution >= 4 is 16.7 Å². The molecule has 0 spiro atoms. The summed E-state index contributed by atoms with van der Waals surface area (Å²) < 4.78 is 0. The molecular formula is C22H22N2O. The molecule has 3 nitrogen and oxygen atoms in total. The second-order valence-corrected chi connectivity index (χ2v) is 6.96. The highest BCUT2D eigenvalue weighted by Crippen LogP contribution is 2.34. The number of nitrogens with zero attached hydrogens (tertiary/aromatic N) is 2. The Balaban J connectivity index is 1.73. The van der Waals surface area contributed by atoms with Crippen molar-refractivity contribution in [2.75, 3.05) is 6.54 Å². The number of aromatic nitrogens is 1. The first-order chi connectivity index (χ1) is 12.1. The minimum Gasteiger partial charge on any atom is -0.330 e. The van der Waals surface area contributed by atoms with Gasteiger partial charge in [-0.3, -0.25) is 9.78 Å². The van der Waals surface area contributed by atoms with Gasteiger partial charge in [-0.05, 0) is 43.7 Å². The molecule has 25 heavy (non-hydrogen) atoms. The van der Waals surface area contributed by atoms with E-state index in [1.165, 1.54) is 16.7 Å². The first-order valence-corrected chi connectivity index (χ1v) is 8.86. The Morgan fingerprint density at radius 2 is 1.84 bits per heavy atom. The molecule has 0 N–H and O–H groups in total. The van der Waals surface area contributed by atoms with Crippen molar-refractivity contribution in [1.29, 1.82) is 0 Å². The number of likely N-dealkylation sites (tertiary alicyclic amines) is 1. The van der Waals surface area contributed by atoms with E-state index in [9.17, 15) is 4.79 Å². The average Bonchev–Trinajstić information content (AvgIpc) is 3.09. The smallest absolute Gasteiger partial charge is 0.273 e. The Hall–Kier alpha value is -2.68. The van der Waals surface area contributed by atoms with Crippen LogP contribution in [0.3, 0.4) is 0 Å². The van der Waals surface area contributed by atoms with Gasteiger partial charge in [0, 0.05) is 18.1 Å². The Kier molecular flexibility index (Phi) is 4.00. The zero-order valence-electron chi connectivity index (χ0n) is 14.7. The third-order valence-electron chi connectivity index (χ3n) is 5.02. The molecule has 0 radical (unpaired) electrons. The van der Waals surface area contributed by atoms with Gasteiger partial charge in [0.2, 0.25) is 0 Å². The number of amides is 1. The molecule has 126 valence electrons. The molecule has 4 rings (SSSR count). The highest BCUT2D eigenvalue weighted by molar-refractivity contribution is 6.05. The average molecular weight is 330 g/mol. The van der Waals surface area contributed by atoms with Gasteiger partial charge in [0.05, 0.1) is 6.04 Å². The van der Waals surface area contributed by atoms with Gasteiger partial charge in [0.25, 0.3) is 5.91 Å². The second-order valence-electron chi connectivity index (χ2n) is 6.96. The Labute approximate surface area is 148 Å². The normalized spacial score (nSPS) is 17.2. The number of pyridine rings is 1. The Bertz CT molecular complexity index is 922. The number of carbonyl (C=O) groups excluding carboxylic acids is 1. The molecule has 1 aliphatic rings. The van der Waals surface area contributed by atoms with Crippen LogP contribution in [0.1, 0.15) is 46.1 Å². The topological polar surface area (TPSA) is 33.2 Å². The third-order valence-corrected chi connectivity index (χ3v) is 5.02. The van der Waals surface area contributed by atoms with Gasteiger partial charge in [-0.1, -0.05) is 53.6 Å². The van der Waals surface area contributed by atoms with Crippen LogP contribution >= 0.6 is 0 Å². The van der Waals surface area contributed by atoms with Crippen molar-refractivity contribution in [3.63, 3.8) is 0 Å². The van der Waals surface area contributed by atoms with Gasteiger partial charge in [-0.2, -0.15) is 0 Å². The zero-order valence-corrected chi connectivity index (χ0v) is 14.7. The van der Waals surface area contributed by atoms with Crippen LogP contribution in [0.15, 0.2) is 54.7 Å². The van der Waals surface area contributed by atoms with Gasteiger partial charge >= 0.3 is 0 Å². The standard InChI is InChI=1S/C22H22N2O/c1-15-12-16(2)14-18(13-15)20-8-5-11-24(20)22(25)21-19-7-4-3-6-17(19)9-10-23-21/h3-4,6-7,9-10,12-14,20H,5,8,11H2,1-2H3. The van der Waals surface area contributed by atoms with Gasteiger partial charge < -0.3 is 4.90 Å². The van der Waals surface area contributed by atoms with Crippen LogP contribution in [0.4, 0.5) is 0 Å². The van der Waals surface area contributed by atoms with Gasteiger partial charge in [-0.15, -0.1) is 0 Å². The molecule has 0 saturated carbocycles. The number of hydrogen-bond acceptors (Lipinski definition) is 2. The number of hydrogen-bond donors (Lipinski definition) is 0. The maximum atomic E-state index is 13.3. The van der Waals surface area contributed by atoms with E-state index in [1.54, 1.807) is 6.20 Å². The van der Waals surface area contributed by atoms with E-state index in [4.69, 9.17) is 0 Å². The van der Waals surface area contributed by atoms with E-state index in [-0.39, 0.29) is 11.9 Å². The van der Waals surface area contributed by atoms with Crippen LogP contribution in [0.2, 0.25) is 0 Å². The van der Waals surface area contributed by atoms with E-state index in [0.717, 1.165) is 30.2 Å². The molecule has 3 aromatic rings. The van der Waals surface area contributed by atoms with Gasteiger partial charge in [-0.25, -0.2) is 0 Å². The van der Waals surface area contributed by atoms with Gasteiger partial charge in [0.15, 0.2) is 0 Å². The number of benzene rings is 2. The van der Waals surface area contributed by atoms with E-state index in [0.29, 0.717) is 5.69 Å². The van der Waals surface area contributed by atoms with E-state index < -0.39 is 0 Å². The van der Waals surface area contributed by atoms with Crippen LogP contribution in [0.25, 0.3) is 10.8 Å². The summed E-state index contributed by atoms with van der Waals surface area (Å²) in [5.74, 6) is 0.0402. The first-order valence-electron chi connectivity index (χ1n) is 8.86. The third kappa shape index (κ3) is 2.91. The summed E-state index contributed by atoms with van der Waals surface area (Å²) in [6, 6.07) is 16.7. The maximum Gasteiger partial charge on any atom is 0.273 e. The molecule has 3 heteroatoms. The van der Waals surface area contributed by atoms with E-state index in [1.807, 2.05) is 35.2 Å². The molecule has 2 aromatic carbocycles. The van der Waals surface area contributed by atoms with Crippen molar-refractivity contribution in [2.45, 2.75) is 32.7 Å². The molecule has 0 bridgehead atoms. The van der Waals surface area contributed by atoms with Crippen LogP contribution in [0, 0.1) is 13.8 Å². The first kappa shape index (κ1) is 15.8. The summed E-state index contributed by atoms with van der Waals surface area (Å²) in [5.41, 5.74) is 4.30. The van der Waals surface area contributed by atoms with E-state index >= 15 is 0 Å². The molecule has 2 heterocycles. The van der Waals surface area contributed by atoms with Crippen molar-refractivity contribution < 1.29 is 4.79 Å². The summed E-state index contributed by atoms with van der Waals surface area (Å²) >= 11 is 0. The fourth-order valence-electron chi connectivity index (χ4n) is 3.98. The lowest BCUT2D eigenvalue weighted by Crippen LogP contribution is -2.31. The summed E-state index contributed by atoms with van der Waals surface area (Å²) in [6.07, 6.45) is 3.78. The molecule has 1 unspecified atom stereocenters. The minimum absolute atomic E-state index is 0.0402. The number of aryl methyl sites for hydroxylation is 2. The molecule has 1 saturated heterocycles. The molecular weight excluding hydrogens is 308 g/mol. The highest BCUT2D eigenvalue weighted by atomic mass is 16.2. The SMILES string of the molecule is Cc1cc(C)cc(C2CCCN2C(=O)c2nccc3ccccc23)c1. The minimum atomic E-state index is 0.0402. The van der Waals surface area contributed by atoms with Crippen LogP contribution in [-0.4, -0.2) is 22.3 Å². The van der Waals surface area contributed by atoms with E-state index in [2.05, 4.69) is 37.0 Å². The molecule has 1 aliphatic heterocycles. The number of carbonyl (C=O) groups is 1. The summed E-state index contributed by atoms with van der Waals surface area (Å²) in [4.78, 5) is 19.7. The fraction of sp³-hybridized carbons (Fsp3) is 0.273. The molecule has 1 atom stereocenters. The molecule has 1 amide bonds. The van der Waals surface area contributed by atoms with Crippen molar-refractivity contribution in [3.8, 4) is 0 Å². The van der Waals surface area contributed by atoms with Crippen molar-refractivity contribution in [1.82, 2.24) is 9.88 Å². The van der Waals surface area contributed by atoms with Crippen LogP contribution in [0.5, 0.6) is 0 Å². The Morgan fingerprint density at radius 3 is 2.64 bits per heavy atom. The maximum absolute atomic E-state index is 13.3. The highest BCUT2D eigenvalue weighted by Gasteiger charge is 2.32. The zero-order chi connectivity index (χ0) is 17.4. The second kappa shape index (κ2) is 6.32. The van der Waals surface area contributed by atoms with Crippen molar-refractivity contribution in [3.05, 3.63) is 77.1 Å². The monoisotopic (exact) mass is 330 g/mol. The van der Waals surface area contributed by atoms with Crippen LogP contribution < -0.4 is 0 Å². The molecule has 0 aliphatic carbocycles. The predicted octanol–water partition coefficient (Wildman–Crippen LogP) is 4.83. The van der Waals surface area contributed by atoms with Crippen molar-refractivity contribution in [2.24, 2.45) is 0 Å². The number of rotatable bonds is 2. The summed E-state index contributed by atoms with van der Waals surface area (Å²) in [5, 5.41) is 1.99. The van der Waals surface area contributed by atoms with Crippen LogP contribution in [-0.2, 0) is 0 Å². The predicted molar refractivity (Wildman–Crippen MR) is 101 cm³/mol. The lowest BCUT2D eigenvalue weighted by molar-refractivity contribution is 0.0732. The molecule has 1 fully saturated rings. The lowest BCUT2D eigenvalue weighted by Gasteiger charge is -2.26. The molecule has 1 aromatic heterocycles. The lowest BCUT2D eigenvalue weighted by atomic mass is 9.99. The fourth-order valence-corrected chi connectivity index (χ4v) is 3.98. The largest absolute Gasteiger partial charge is 0.330 e. The Morgan fingerprint density at radius 1 is 1.08 bits per heavy atom.